The largest absolute Gasteiger partial charge is 0.573 e. The molecule has 2 bridgehead atoms. The quantitative estimate of drug-likeness (QED) is 0.306. The van der Waals surface area contributed by atoms with Gasteiger partial charge in [0.05, 0.1) is 6.04 Å². The van der Waals surface area contributed by atoms with Crippen molar-refractivity contribution in [1.29, 1.82) is 0 Å². The van der Waals surface area contributed by atoms with Crippen LogP contribution in [0.1, 0.15) is 48.4 Å². The highest BCUT2D eigenvalue weighted by molar-refractivity contribution is 5.92. The van der Waals surface area contributed by atoms with Gasteiger partial charge in [-0.05, 0) is 85.0 Å². The molecule has 1 saturated carbocycles. The van der Waals surface area contributed by atoms with Crippen LogP contribution in [0.3, 0.4) is 0 Å². The van der Waals surface area contributed by atoms with E-state index < -0.39 is 6.36 Å². The van der Waals surface area contributed by atoms with Crippen molar-refractivity contribution in [2.24, 2.45) is 5.41 Å². The Morgan fingerprint density at radius 1 is 1.13 bits per heavy atom. The molecule has 4 aliphatic rings. The maximum Gasteiger partial charge on any atom is 0.573 e. The van der Waals surface area contributed by atoms with Crippen molar-refractivity contribution in [3.8, 4) is 17.2 Å². The fourth-order valence-electron chi connectivity index (χ4n) is 8.90. The molecule has 1 amide bonds. The van der Waals surface area contributed by atoms with Gasteiger partial charge in [-0.2, -0.15) is 0 Å². The summed E-state index contributed by atoms with van der Waals surface area (Å²) in [4.78, 5) is 17.9. The highest BCUT2D eigenvalue weighted by atomic mass is 19.4. The number of aromatic hydroxyl groups is 1. The number of phenols is 1. The topological polar surface area (TPSA) is 62.2 Å². The van der Waals surface area contributed by atoms with Gasteiger partial charge in [0, 0.05) is 36.7 Å². The second-order valence-electron chi connectivity index (χ2n) is 13.1. The summed E-state index contributed by atoms with van der Waals surface area (Å²) in [6.07, 6.45) is 2.14. The number of benzene rings is 3. The minimum absolute atomic E-state index is 0.117. The molecule has 2 fully saturated rings. The highest BCUT2D eigenvalue weighted by Gasteiger charge is 2.71. The van der Waals surface area contributed by atoms with Gasteiger partial charge in [0.1, 0.15) is 11.9 Å². The first-order valence-corrected chi connectivity index (χ1v) is 15.6. The standard InChI is InChI=1S/C36H37F3N2O4/c1-34-17-15-27(40(2)30(43)14-11-24-9-6-10-26(21-24)45-36(37,38)39)33-35(34)18-20-41(19-16-23-7-4-3-5-8-23)29(34)22-25-12-13-28(42)32(44-33)31(25)35/h3-14,21,27,29,33,42H,15-20,22H2,1-2H3/t27-,29-,33+,34+,35+/m1/s1. The van der Waals surface area contributed by atoms with Crippen molar-refractivity contribution in [1.82, 2.24) is 9.80 Å². The first-order valence-electron chi connectivity index (χ1n) is 15.6. The molecular weight excluding hydrogens is 581 g/mol. The van der Waals surface area contributed by atoms with Gasteiger partial charge < -0.3 is 19.5 Å². The number of amides is 1. The van der Waals surface area contributed by atoms with Crippen LogP contribution in [-0.2, 0) is 23.1 Å². The molecule has 0 radical (unpaired) electrons. The number of rotatable bonds is 7. The van der Waals surface area contributed by atoms with E-state index in [4.69, 9.17) is 4.74 Å². The van der Waals surface area contributed by atoms with Crippen LogP contribution in [0.5, 0.6) is 17.2 Å². The van der Waals surface area contributed by atoms with E-state index in [1.54, 1.807) is 24.1 Å². The van der Waals surface area contributed by atoms with Crippen LogP contribution in [0.2, 0.25) is 0 Å². The minimum atomic E-state index is -4.80. The van der Waals surface area contributed by atoms with Crippen molar-refractivity contribution in [3.05, 3.63) is 95.1 Å². The third-order valence-electron chi connectivity index (χ3n) is 11.0. The van der Waals surface area contributed by atoms with Crippen molar-refractivity contribution in [3.63, 3.8) is 0 Å². The molecule has 0 unspecified atom stereocenters. The van der Waals surface area contributed by atoms with Gasteiger partial charge in [-0.15, -0.1) is 13.2 Å². The lowest BCUT2D eigenvalue weighted by atomic mass is 9.43. The van der Waals surface area contributed by atoms with Gasteiger partial charge in [0.2, 0.25) is 5.91 Å². The van der Waals surface area contributed by atoms with Crippen LogP contribution in [-0.4, -0.2) is 65.5 Å². The normalized spacial score (nSPS) is 28.4. The fourth-order valence-corrected chi connectivity index (χ4v) is 8.90. The molecule has 1 spiro atoms. The number of likely N-dealkylation sites (tertiary alicyclic amines) is 1. The van der Waals surface area contributed by atoms with Gasteiger partial charge >= 0.3 is 6.36 Å². The van der Waals surface area contributed by atoms with Crippen LogP contribution < -0.4 is 9.47 Å². The van der Waals surface area contributed by atoms with Crippen LogP contribution in [0.4, 0.5) is 13.2 Å². The molecule has 0 aromatic heterocycles. The van der Waals surface area contributed by atoms with Crippen molar-refractivity contribution >= 4 is 12.0 Å². The predicted molar refractivity (Wildman–Crippen MR) is 164 cm³/mol. The number of alkyl halides is 3. The number of nitrogens with zero attached hydrogens (tertiary/aromatic N) is 2. The Balaban J connectivity index is 1.16. The molecule has 2 heterocycles. The monoisotopic (exact) mass is 618 g/mol. The van der Waals surface area contributed by atoms with Crippen LogP contribution in [0.25, 0.3) is 6.08 Å². The minimum Gasteiger partial charge on any atom is -0.504 e. The van der Waals surface area contributed by atoms with E-state index in [1.165, 1.54) is 41.5 Å². The zero-order valence-electron chi connectivity index (χ0n) is 25.4. The number of carbonyl (C=O) groups excluding carboxylic acids is 1. The summed E-state index contributed by atoms with van der Waals surface area (Å²) in [5, 5.41) is 11.0. The average Bonchev–Trinajstić information content (AvgIpc) is 3.36. The van der Waals surface area contributed by atoms with Crippen molar-refractivity contribution in [2.45, 2.75) is 69.0 Å². The van der Waals surface area contributed by atoms with E-state index in [2.05, 4.69) is 40.8 Å². The summed E-state index contributed by atoms with van der Waals surface area (Å²) >= 11 is 0. The van der Waals surface area contributed by atoms with E-state index in [0.29, 0.717) is 17.4 Å². The van der Waals surface area contributed by atoms with E-state index in [9.17, 15) is 23.1 Å². The van der Waals surface area contributed by atoms with Crippen LogP contribution >= 0.6 is 0 Å². The highest BCUT2D eigenvalue weighted by Crippen LogP contribution is 2.69. The molecule has 2 aliphatic carbocycles. The maximum absolute atomic E-state index is 13.6. The summed E-state index contributed by atoms with van der Waals surface area (Å²) in [6.45, 7) is 4.26. The van der Waals surface area contributed by atoms with E-state index in [1.807, 2.05) is 12.1 Å². The van der Waals surface area contributed by atoms with Gasteiger partial charge in [0.15, 0.2) is 11.5 Å². The third-order valence-corrected chi connectivity index (χ3v) is 11.0. The Hall–Kier alpha value is -3.98. The Bertz CT molecular complexity index is 1640. The lowest BCUT2D eigenvalue weighted by Gasteiger charge is -2.66. The summed E-state index contributed by atoms with van der Waals surface area (Å²) in [6, 6.07) is 20.0. The number of phenolic OH excluding ortho intramolecular Hbond substituents is 1. The summed E-state index contributed by atoms with van der Waals surface area (Å²) in [5.74, 6) is 0.0905. The van der Waals surface area contributed by atoms with Gasteiger partial charge in [-0.25, -0.2) is 0 Å². The number of piperidine rings is 1. The van der Waals surface area contributed by atoms with E-state index in [0.717, 1.165) is 50.8 Å². The van der Waals surface area contributed by atoms with Gasteiger partial charge in [-0.3, -0.25) is 9.69 Å². The molecule has 6 nitrogen and oxygen atoms in total. The Morgan fingerprint density at radius 2 is 1.93 bits per heavy atom. The molecule has 7 rings (SSSR count). The fraction of sp³-hybridized carbons (Fsp3) is 0.417. The van der Waals surface area contributed by atoms with Gasteiger partial charge in [0.25, 0.3) is 0 Å². The molecule has 5 atom stereocenters. The molecule has 3 aromatic rings. The molecule has 1 saturated heterocycles. The van der Waals surface area contributed by atoms with Crippen molar-refractivity contribution < 1.29 is 32.5 Å². The lowest BCUT2D eigenvalue weighted by molar-refractivity contribution is -0.274. The predicted octanol–water partition coefficient (Wildman–Crippen LogP) is 6.50. The number of hydrogen-bond acceptors (Lipinski definition) is 5. The molecule has 45 heavy (non-hydrogen) atoms. The zero-order valence-corrected chi connectivity index (χ0v) is 25.4. The number of carbonyl (C=O) groups is 1. The first-order chi connectivity index (χ1) is 21.5. The smallest absolute Gasteiger partial charge is 0.504 e. The number of likely N-dealkylation sites (N-methyl/N-ethyl adjacent to an activating group) is 1. The Kier molecular flexibility index (Phi) is 7.15. The maximum atomic E-state index is 13.6. The second kappa shape index (κ2) is 10.8. The molecule has 2 aliphatic heterocycles. The SMILES string of the molecule is CN(C(=O)C=Cc1cccc(OC(F)(F)F)c1)[C@@H]1CC[C@@]2(C)[C@H]3Cc4ccc(O)c5c4[C@@]2(CCN3CCc2ccccc2)[C@H]1O5. The van der Waals surface area contributed by atoms with Crippen LogP contribution in [0, 0.1) is 5.41 Å². The summed E-state index contributed by atoms with van der Waals surface area (Å²) in [7, 11) is 1.77. The number of halogens is 3. The Morgan fingerprint density at radius 3 is 2.71 bits per heavy atom. The van der Waals surface area contributed by atoms with Crippen molar-refractivity contribution in [2.75, 3.05) is 20.1 Å². The van der Waals surface area contributed by atoms with Gasteiger partial charge in [-0.1, -0.05) is 55.5 Å². The molecule has 3 aromatic carbocycles. The number of hydrogen-bond donors (Lipinski definition) is 1. The summed E-state index contributed by atoms with van der Waals surface area (Å²) in [5.41, 5.74) is 3.61. The lowest BCUT2D eigenvalue weighted by Crippen LogP contribution is -2.73. The zero-order chi connectivity index (χ0) is 31.6. The molecule has 1 N–H and O–H groups in total. The van der Waals surface area contributed by atoms with Crippen LogP contribution in [0.15, 0.2) is 72.8 Å². The number of ether oxygens (including phenoxy) is 2. The average molecular weight is 619 g/mol. The molecular formula is C36H37F3N2O4. The second-order valence-corrected chi connectivity index (χ2v) is 13.1. The molecule has 236 valence electrons. The first kappa shape index (κ1) is 29.7. The van der Waals surface area contributed by atoms with E-state index in [-0.39, 0.29) is 40.4 Å². The third kappa shape index (κ3) is 4.87. The molecule has 9 heteroatoms. The summed E-state index contributed by atoms with van der Waals surface area (Å²) < 4.78 is 48.9. The van der Waals surface area contributed by atoms with E-state index >= 15 is 0 Å². The Labute approximate surface area is 261 Å².